The highest BCUT2D eigenvalue weighted by Gasteiger charge is 2.17. The van der Waals surface area contributed by atoms with Gasteiger partial charge in [-0.1, -0.05) is 59.8 Å². The first-order chi connectivity index (χ1) is 15.7. The van der Waals surface area contributed by atoms with E-state index in [1.807, 2.05) is 61.5 Å². The number of aromatic nitrogens is 3. The van der Waals surface area contributed by atoms with Crippen LogP contribution in [-0.2, 0) is 11.3 Å². The lowest BCUT2D eigenvalue weighted by Crippen LogP contribution is -2.32. The summed E-state index contributed by atoms with van der Waals surface area (Å²) in [6.07, 6.45) is 0.104. The van der Waals surface area contributed by atoms with Gasteiger partial charge in [-0.2, -0.15) is 0 Å². The maximum Gasteiger partial charge on any atom is 0.277 e. The molecular weight excluding hydrogens is 404 g/mol. The van der Waals surface area contributed by atoms with Crippen molar-refractivity contribution >= 4 is 16.8 Å². The number of rotatable bonds is 8. The molecule has 0 aliphatic heterocycles. The Morgan fingerprint density at radius 2 is 1.66 bits per heavy atom. The minimum atomic E-state index is -0.321. The summed E-state index contributed by atoms with van der Waals surface area (Å²) in [5.41, 5.74) is 2.19. The maximum absolute atomic E-state index is 12.8. The van der Waals surface area contributed by atoms with Gasteiger partial charge in [0.1, 0.15) is 11.3 Å². The van der Waals surface area contributed by atoms with Crippen LogP contribution in [0.3, 0.4) is 0 Å². The van der Waals surface area contributed by atoms with Crippen LogP contribution in [0.4, 0.5) is 0 Å². The lowest BCUT2D eigenvalue weighted by molar-refractivity contribution is -0.121. The molecule has 0 bridgehead atoms. The summed E-state index contributed by atoms with van der Waals surface area (Å²) >= 11 is 0. The Kier molecular flexibility index (Phi) is 6.55. The lowest BCUT2D eigenvalue weighted by atomic mass is 9.98. The minimum Gasteiger partial charge on any atom is -0.494 e. The van der Waals surface area contributed by atoms with Crippen molar-refractivity contribution in [2.45, 2.75) is 25.9 Å². The third kappa shape index (κ3) is 4.83. The fourth-order valence-electron chi connectivity index (χ4n) is 3.54. The van der Waals surface area contributed by atoms with Crippen molar-refractivity contribution in [1.82, 2.24) is 20.3 Å². The summed E-state index contributed by atoms with van der Waals surface area (Å²) in [5, 5.41) is 11.6. The molecule has 1 amide bonds. The number of nitrogens with one attached hydrogen (secondary N) is 1. The Labute approximate surface area is 185 Å². The molecule has 0 aliphatic carbocycles. The van der Waals surface area contributed by atoms with E-state index in [2.05, 4.69) is 15.6 Å². The lowest BCUT2D eigenvalue weighted by Gasteiger charge is -2.20. The number of hydrogen-bond acceptors (Lipinski definition) is 5. The SMILES string of the molecule is CCOc1ccc(C(NC(=O)CCn2nnc3ccccc3c2=O)c2ccccc2)cc1. The van der Waals surface area contributed by atoms with Crippen LogP contribution in [0.1, 0.15) is 30.5 Å². The highest BCUT2D eigenvalue weighted by Crippen LogP contribution is 2.24. The quantitative estimate of drug-likeness (QED) is 0.464. The highest BCUT2D eigenvalue weighted by atomic mass is 16.5. The number of carbonyl (C=O) groups is 1. The van der Waals surface area contributed by atoms with Crippen molar-refractivity contribution in [3.05, 3.63) is 100 Å². The Morgan fingerprint density at radius 3 is 2.41 bits per heavy atom. The minimum absolute atomic E-state index is 0.104. The molecule has 0 radical (unpaired) electrons. The number of carbonyl (C=O) groups excluding carboxylic acids is 1. The summed E-state index contributed by atoms with van der Waals surface area (Å²) in [5.74, 6) is 0.596. The Hall–Kier alpha value is -4.00. The topological polar surface area (TPSA) is 86.1 Å². The van der Waals surface area contributed by atoms with Gasteiger partial charge in [0.05, 0.1) is 24.6 Å². The Morgan fingerprint density at radius 1 is 0.969 bits per heavy atom. The number of amides is 1. The molecule has 4 rings (SSSR count). The molecule has 1 aromatic heterocycles. The molecule has 162 valence electrons. The second-order valence-electron chi connectivity index (χ2n) is 7.30. The zero-order chi connectivity index (χ0) is 22.3. The van der Waals surface area contributed by atoms with Crippen LogP contribution in [0.5, 0.6) is 5.75 Å². The van der Waals surface area contributed by atoms with Crippen molar-refractivity contribution in [1.29, 1.82) is 0 Å². The van der Waals surface area contributed by atoms with Gasteiger partial charge in [-0.15, -0.1) is 5.10 Å². The van der Waals surface area contributed by atoms with Crippen LogP contribution in [0.15, 0.2) is 83.7 Å². The van der Waals surface area contributed by atoms with Gasteiger partial charge in [0.25, 0.3) is 5.56 Å². The van der Waals surface area contributed by atoms with Crippen LogP contribution in [0, 0.1) is 0 Å². The van der Waals surface area contributed by atoms with Gasteiger partial charge < -0.3 is 10.1 Å². The molecule has 32 heavy (non-hydrogen) atoms. The predicted molar refractivity (Wildman–Crippen MR) is 122 cm³/mol. The van der Waals surface area contributed by atoms with E-state index in [-0.39, 0.29) is 30.5 Å². The molecule has 4 aromatic rings. The molecule has 0 spiro atoms. The first-order valence-electron chi connectivity index (χ1n) is 10.6. The molecule has 0 saturated carbocycles. The molecule has 0 fully saturated rings. The van der Waals surface area contributed by atoms with E-state index >= 15 is 0 Å². The average Bonchev–Trinajstić information content (AvgIpc) is 2.84. The molecule has 1 unspecified atom stereocenters. The second kappa shape index (κ2) is 9.87. The number of fused-ring (bicyclic) bond motifs is 1. The normalized spacial score (nSPS) is 11.8. The fraction of sp³-hybridized carbons (Fsp3) is 0.200. The number of ether oxygens (including phenoxy) is 1. The third-order valence-corrected chi connectivity index (χ3v) is 5.14. The van der Waals surface area contributed by atoms with Crippen molar-refractivity contribution in [2.75, 3.05) is 6.61 Å². The zero-order valence-corrected chi connectivity index (χ0v) is 17.8. The molecule has 3 aromatic carbocycles. The zero-order valence-electron chi connectivity index (χ0n) is 17.8. The van der Waals surface area contributed by atoms with E-state index < -0.39 is 0 Å². The molecule has 7 heteroatoms. The van der Waals surface area contributed by atoms with Gasteiger partial charge >= 0.3 is 0 Å². The second-order valence-corrected chi connectivity index (χ2v) is 7.30. The molecule has 0 saturated heterocycles. The first-order valence-corrected chi connectivity index (χ1v) is 10.6. The van der Waals surface area contributed by atoms with E-state index in [9.17, 15) is 9.59 Å². The fourth-order valence-corrected chi connectivity index (χ4v) is 3.54. The van der Waals surface area contributed by atoms with Crippen LogP contribution >= 0.6 is 0 Å². The molecule has 1 heterocycles. The molecule has 7 nitrogen and oxygen atoms in total. The van der Waals surface area contributed by atoms with Crippen LogP contribution in [0.2, 0.25) is 0 Å². The highest BCUT2D eigenvalue weighted by molar-refractivity contribution is 5.77. The number of aryl methyl sites for hydroxylation is 1. The summed E-state index contributed by atoms with van der Waals surface area (Å²) in [4.78, 5) is 25.4. The molecule has 1 N–H and O–H groups in total. The van der Waals surface area contributed by atoms with Crippen LogP contribution in [0.25, 0.3) is 10.9 Å². The summed E-state index contributed by atoms with van der Waals surface area (Å²) in [7, 11) is 0. The maximum atomic E-state index is 12.8. The van der Waals surface area contributed by atoms with E-state index in [4.69, 9.17) is 4.74 Å². The van der Waals surface area contributed by atoms with Crippen molar-refractivity contribution in [2.24, 2.45) is 0 Å². The smallest absolute Gasteiger partial charge is 0.277 e. The number of benzene rings is 3. The van der Waals surface area contributed by atoms with Crippen molar-refractivity contribution in [3.63, 3.8) is 0 Å². The largest absolute Gasteiger partial charge is 0.494 e. The van der Waals surface area contributed by atoms with E-state index in [0.717, 1.165) is 16.9 Å². The average molecular weight is 428 g/mol. The summed E-state index contributed by atoms with van der Waals surface area (Å²) in [6.45, 7) is 2.68. The Bertz CT molecular complexity index is 1250. The summed E-state index contributed by atoms with van der Waals surface area (Å²) < 4.78 is 6.76. The van der Waals surface area contributed by atoms with Crippen LogP contribution < -0.4 is 15.6 Å². The standard InChI is InChI=1S/C25H24N4O3/c1-2-32-20-14-12-19(13-15-20)24(18-8-4-3-5-9-18)26-23(30)16-17-29-25(31)21-10-6-7-11-22(21)27-28-29/h3-15,24H,2,16-17H2,1H3,(H,26,30). The monoisotopic (exact) mass is 428 g/mol. The third-order valence-electron chi connectivity index (χ3n) is 5.14. The van der Waals surface area contributed by atoms with Gasteiger partial charge in [-0.25, -0.2) is 4.68 Å². The van der Waals surface area contributed by atoms with Gasteiger partial charge in [0, 0.05) is 6.42 Å². The van der Waals surface area contributed by atoms with Gasteiger partial charge in [-0.05, 0) is 42.3 Å². The van der Waals surface area contributed by atoms with Crippen LogP contribution in [-0.4, -0.2) is 27.5 Å². The molecule has 0 aliphatic rings. The van der Waals surface area contributed by atoms with Gasteiger partial charge in [-0.3, -0.25) is 9.59 Å². The summed E-state index contributed by atoms with van der Waals surface area (Å²) in [6, 6.07) is 24.2. The Balaban J connectivity index is 1.50. The first kappa shape index (κ1) is 21.2. The molecular formula is C25H24N4O3. The van der Waals surface area contributed by atoms with E-state index in [0.29, 0.717) is 17.5 Å². The number of hydrogen-bond donors (Lipinski definition) is 1. The van der Waals surface area contributed by atoms with Crippen molar-refractivity contribution in [3.8, 4) is 5.75 Å². The predicted octanol–water partition coefficient (Wildman–Crippen LogP) is 3.49. The molecule has 1 atom stereocenters. The number of nitrogens with zero attached hydrogens (tertiary/aromatic N) is 3. The van der Waals surface area contributed by atoms with Gasteiger partial charge in [0.2, 0.25) is 5.91 Å². The van der Waals surface area contributed by atoms with E-state index in [1.165, 1.54) is 4.68 Å². The van der Waals surface area contributed by atoms with Crippen molar-refractivity contribution < 1.29 is 9.53 Å². The van der Waals surface area contributed by atoms with E-state index in [1.54, 1.807) is 24.3 Å². The van der Waals surface area contributed by atoms with Gasteiger partial charge in [0.15, 0.2) is 0 Å².